The predicted molar refractivity (Wildman–Crippen MR) is 83.0 cm³/mol. The van der Waals surface area contributed by atoms with E-state index in [-0.39, 0.29) is 18.6 Å². The molecule has 1 aromatic rings. The van der Waals surface area contributed by atoms with Crippen LogP contribution in [0.4, 0.5) is 11.4 Å². The highest BCUT2D eigenvalue weighted by molar-refractivity contribution is 5.81. The predicted octanol–water partition coefficient (Wildman–Crippen LogP) is 2.24. The third-order valence-electron chi connectivity index (χ3n) is 2.54. The maximum absolute atomic E-state index is 11.6. The van der Waals surface area contributed by atoms with Crippen LogP contribution in [-0.2, 0) is 4.79 Å². The number of amides is 1. The van der Waals surface area contributed by atoms with E-state index in [1.165, 1.54) is 0 Å². The monoisotopic (exact) mass is 279 g/mol. The molecule has 0 saturated carbocycles. The van der Waals surface area contributed by atoms with E-state index in [4.69, 9.17) is 10.5 Å². The molecule has 0 radical (unpaired) electrons. The number of carbonyl (C=O) groups excluding carboxylic acids is 1. The Morgan fingerprint density at radius 1 is 1.30 bits per heavy atom. The van der Waals surface area contributed by atoms with Crippen LogP contribution < -0.4 is 21.1 Å². The van der Waals surface area contributed by atoms with Gasteiger partial charge in [0.15, 0.2) is 0 Å². The lowest BCUT2D eigenvalue weighted by Gasteiger charge is -2.14. The Labute approximate surface area is 120 Å². The fraction of sp³-hybridized carbons (Fsp3) is 0.533. The Morgan fingerprint density at radius 3 is 2.60 bits per heavy atom. The average Bonchev–Trinajstić information content (AvgIpc) is 2.36. The summed E-state index contributed by atoms with van der Waals surface area (Å²) in [6.07, 6.45) is 0.0573. The average molecular weight is 279 g/mol. The van der Waals surface area contributed by atoms with E-state index in [0.29, 0.717) is 23.9 Å². The van der Waals surface area contributed by atoms with Gasteiger partial charge in [0.05, 0.1) is 18.3 Å². The molecule has 4 N–H and O–H groups in total. The number of nitrogens with one attached hydrogen (secondary N) is 2. The number of anilines is 2. The molecule has 0 aromatic heterocycles. The Bertz CT molecular complexity index is 445. The quantitative estimate of drug-likeness (QED) is 0.669. The van der Waals surface area contributed by atoms with E-state index in [1.54, 1.807) is 6.07 Å². The Hall–Kier alpha value is -1.91. The summed E-state index contributed by atoms with van der Waals surface area (Å²) in [5, 5.41) is 5.91. The van der Waals surface area contributed by atoms with Gasteiger partial charge in [-0.05, 0) is 31.9 Å². The number of hydrogen-bond acceptors (Lipinski definition) is 4. The molecule has 0 aliphatic rings. The van der Waals surface area contributed by atoms with E-state index in [0.717, 1.165) is 5.69 Å². The molecule has 1 amide bonds. The topological polar surface area (TPSA) is 76.4 Å². The maximum Gasteiger partial charge on any atom is 0.239 e. The zero-order chi connectivity index (χ0) is 15.1. The lowest BCUT2D eigenvalue weighted by atomic mass is 10.2. The van der Waals surface area contributed by atoms with Crippen LogP contribution in [0.25, 0.3) is 0 Å². The summed E-state index contributed by atoms with van der Waals surface area (Å²) < 4.78 is 5.61. The van der Waals surface area contributed by atoms with Gasteiger partial charge in [-0.15, -0.1) is 0 Å². The summed E-state index contributed by atoms with van der Waals surface area (Å²) >= 11 is 0. The van der Waals surface area contributed by atoms with Crippen LogP contribution >= 0.6 is 0 Å². The van der Waals surface area contributed by atoms with Crippen molar-refractivity contribution >= 4 is 17.3 Å². The summed E-state index contributed by atoms with van der Waals surface area (Å²) in [5.41, 5.74) is 7.25. The number of hydrogen-bond donors (Lipinski definition) is 3. The molecule has 0 atom stereocenters. The molecule has 112 valence electrons. The normalized spacial score (nSPS) is 10.7. The minimum Gasteiger partial charge on any atom is -0.489 e. The summed E-state index contributed by atoms with van der Waals surface area (Å²) in [6, 6.07) is 5.41. The van der Waals surface area contributed by atoms with Crippen LogP contribution in [0.2, 0.25) is 0 Å². The van der Waals surface area contributed by atoms with Crippen molar-refractivity contribution in [3.63, 3.8) is 0 Å². The van der Waals surface area contributed by atoms with Gasteiger partial charge >= 0.3 is 0 Å². The molecule has 0 aliphatic heterocycles. The number of nitrogens with two attached hydrogens (primary N) is 1. The second-order valence-corrected chi connectivity index (χ2v) is 5.47. The van der Waals surface area contributed by atoms with Crippen molar-refractivity contribution in [2.75, 3.05) is 24.1 Å². The lowest BCUT2D eigenvalue weighted by molar-refractivity contribution is -0.119. The molecule has 0 saturated heterocycles. The molecule has 0 aliphatic carbocycles. The molecule has 1 rings (SSSR count). The lowest BCUT2D eigenvalue weighted by Crippen LogP contribution is -2.32. The van der Waals surface area contributed by atoms with Crippen LogP contribution in [-0.4, -0.2) is 25.1 Å². The third-order valence-corrected chi connectivity index (χ3v) is 2.54. The fourth-order valence-electron chi connectivity index (χ4n) is 1.56. The first-order valence-electron chi connectivity index (χ1n) is 6.95. The van der Waals surface area contributed by atoms with E-state index >= 15 is 0 Å². The largest absolute Gasteiger partial charge is 0.489 e. The van der Waals surface area contributed by atoms with Gasteiger partial charge in [-0.3, -0.25) is 4.79 Å². The first kappa shape index (κ1) is 16.1. The molecule has 0 bridgehead atoms. The molecule has 20 heavy (non-hydrogen) atoms. The van der Waals surface area contributed by atoms with Gasteiger partial charge in [0, 0.05) is 18.3 Å². The van der Waals surface area contributed by atoms with Crippen molar-refractivity contribution in [1.29, 1.82) is 0 Å². The smallest absolute Gasteiger partial charge is 0.239 e. The molecule has 0 unspecified atom stereocenters. The number of rotatable bonds is 7. The number of benzene rings is 1. The summed E-state index contributed by atoms with van der Waals surface area (Å²) in [7, 11) is 0. The second-order valence-electron chi connectivity index (χ2n) is 5.47. The van der Waals surface area contributed by atoms with Gasteiger partial charge in [0.2, 0.25) is 5.91 Å². The third kappa shape index (κ3) is 5.82. The van der Waals surface area contributed by atoms with Crippen molar-refractivity contribution < 1.29 is 9.53 Å². The number of carbonyl (C=O) groups is 1. The second kappa shape index (κ2) is 7.62. The van der Waals surface area contributed by atoms with Gasteiger partial charge in [0.1, 0.15) is 5.75 Å². The van der Waals surface area contributed by atoms with Crippen LogP contribution in [0.1, 0.15) is 27.7 Å². The van der Waals surface area contributed by atoms with Crippen LogP contribution in [0.3, 0.4) is 0 Å². The Kier molecular flexibility index (Phi) is 6.15. The Balaban J connectivity index is 2.53. The van der Waals surface area contributed by atoms with Gasteiger partial charge in [-0.2, -0.15) is 0 Å². The van der Waals surface area contributed by atoms with Crippen molar-refractivity contribution in [3.05, 3.63) is 18.2 Å². The molecule has 1 aromatic carbocycles. The van der Waals surface area contributed by atoms with Crippen molar-refractivity contribution in [1.82, 2.24) is 5.32 Å². The first-order valence-corrected chi connectivity index (χ1v) is 6.95. The molecular weight excluding hydrogens is 254 g/mol. The van der Waals surface area contributed by atoms with Crippen LogP contribution in [0, 0.1) is 5.92 Å². The maximum atomic E-state index is 11.6. The van der Waals surface area contributed by atoms with E-state index in [1.807, 2.05) is 26.0 Å². The highest BCUT2D eigenvalue weighted by Crippen LogP contribution is 2.26. The molecule has 0 fully saturated rings. The standard InChI is InChI=1S/C15H25N3O2/c1-10(2)8-18-15(19)9-17-12-5-6-13(16)14(7-12)20-11(3)4/h5-7,10-11,17H,8-9,16H2,1-4H3,(H,18,19). The van der Waals surface area contributed by atoms with Gasteiger partial charge < -0.3 is 21.1 Å². The van der Waals surface area contributed by atoms with Crippen molar-refractivity contribution in [2.24, 2.45) is 5.92 Å². The summed E-state index contributed by atoms with van der Waals surface area (Å²) in [5.74, 6) is 1.05. The molecule has 5 heteroatoms. The van der Waals surface area contributed by atoms with Crippen LogP contribution in [0.5, 0.6) is 5.75 Å². The molecule has 0 heterocycles. The molecule has 0 spiro atoms. The van der Waals surface area contributed by atoms with E-state index in [2.05, 4.69) is 24.5 Å². The van der Waals surface area contributed by atoms with Gasteiger partial charge in [-0.1, -0.05) is 13.8 Å². The van der Waals surface area contributed by atoms with E-state index in [9.17, 15) is 4.79 Å². The van der Waals surface area contributed by atoms with Crippen molar-refractivity contribution in [3.8, 4) is 5.75 Å². The zero-order valence-electron chi connectivity index (χ0n) is 12.7. The minimum absolute atomic E-state index is 0.0261. The van der Waals surface area contributed by atoms with Gasteiger partial charge in [0.25, 0.3) is 0 Å². The summed E-state index contributed by atoms with van der Waals surface area (Å²) in [6.45, 7) is 8.92. The SMILES string of the molecule is CC(C)CNC(=O)CNc1ccc(N)c(OC(C)C)c1. The fourth-order valence-corrected chi connectivity index (χ4v) is 1.56. The van der Waals surface area contributed by atoms with Crippen LogP contribution in [0.15, 0.2) is 18.2 Å². The number of nitrogen functional groups attached to an aromatic ring is 1. The highest BCUT2D eigenvalue weighted by Gasteiger charge is 2.06. The zero-order valence-corrected chi connectivity index (χ0v) is 12.7. The summed E-state index contributed by atoms with van der Waals surface area (Å²) in [4.78, 5) is 11.6. The molecule has 5 nitrogen and oxygen atoms in total. The van der Waals surface area contributed by atoms with Gasteiger partial charge in [-0.25, -0.2) is 0 Å². The molecular formula is C15H25N3O2. The minimum atomic E-state index is -0.0261. The first-order chi connectivity index (χ1) is 9.38. The van der Waals surface area contributed by atoms with E-state index < -0.39 is 0 Å². The number of ether oxygens (including phenoxy) is 1. The van der Waals surface area contributed by atoms with Crippen molar-refractivity contribution in [2.45, 2.75) is 33.8 Å². The Morgan fingerprint density at radius 2 is 2.00 bits per heavy atom. The highest BCUT2D eigenvalue weighted by atomic mass is 16.5.